The van der Waals surface area contributed by atoms with Gasteiger partial charge < -0.3 is 29.5 Å². The number of thiazole rings is 1. The van der Waals surface area contributed by atoms with Crippen molar-refractivity contribution in [2.24, 2.45) is 11.8 Å². The fourth-order valence-electron chi connectivity index (χ4n) is 4.53. The number of aromatic nitrogens is 1. The maximum Gasteiger partial charge on any atom is 0.413 e. The number of esters is 1. The molecule has 12 heteroatoms. The molecule has 1 aromatic rings. The normalized spacial score (nSPS) is 22.5. The third-order valence-electron chi connectivity index (χ3n) is 6.26. The molecule has 0 aromatic carbocycles. The van der Waals surface area contributed by atoms with Crippen molar-refractivity contribution in [1.82, 2.24) is 14.8 Å². The summed E-state index contributed by atoms with van der Waals surface area (Å²) in [6.07, 6.45) is 0.315. The lowest BCUT2D eigenvalue weighted by Gasteiger charge is -2.46. The van der Waals surface area contributed by atoms with Gasteiger partial charge >= 0.3 is 12.1 Å². The molecule has 2 amide bonds. The van der Waals surface area contributed by atoms with E-state index in [1.807, 2.05) is 34.6 Å². The summed E-state index contributed by atoms with van der Waals surface area (Å²) in [6.45, 7) is 10.5. The number of carbonyl (C=O) groups excluding carboxylic acids is 3. The fraction of sp³-hybridized carbons (Fsp3) is 0.583. The van der Waals surface area contributed by atoms with Crippen LogP contribution in [0.25, 0.3) is 6.08 Å². The Morgan fingerprint density at radius 3 is 2.64 bits per heavy atom. The van der Waals surface area contributed by atoms with Gasteiger partial charge in [-0.05, 0) is 46.1 Å². The van der Waals surface area contributed by atoms with Crippen LogP contribution in [0.15, 0.2) is 21.5 Å². The van der Waals surface area contributed by atoms with Crippen LogP contribution in [0, 0.1) is 11.8 Å². The van der Waals surface area contributed by atoms with Gasteiger partial charge in [-0.15, -0.1) is 11.3 Å². The predicted octanol–water partition coefficient (Wildman–Crippen LogP) is 3.17. The molecule has 3 heterocycles. The molecule has 0 spiro atoms. The van der Waals surface area contributed by atoms with Crippen LogP contribution in [-0.4, -0.2) is 74.0 Å². The highest BCUT2D eigenvalue weighted by Gasteiger charge is 2.60. The van der Waals surface area contributed by atoms with Crippen LogP contribution in [0.4, 0.5) is 4.79 Å². The van der Waals surface area contributed by atoms with Crippen LogP contribution in [0.3, 0.4) is 0 Å². The van der Waals surface area contributed by atoms with Crippen LogP contribution in [0.2, 0.25) is 0 Å². The number of amides is 2. The van der Waals surface area contributed by atoms with Crippen molar-refractivity contribution in [3.05, 3.63) is 32.1 Å². The lowest BCUT2D eigenvalue weighted by atomic mass is 9.79. The first-order valence-corrected chi connectivity index (χ1v) is 13.4. The standard InChI is InChI=1S/C24H33N3O7S2/c1-7-26(24(4,5)6)23(32)34-12-33-22(31)19-20(35-9-8-16-15(10-28)25-11-36-16)13(2)18-17(14(3)29)21(30)27(18)19/h8-9,11,13-14,17-18,28-29H,7,10,12H2,1-6H3/t13-,14-,17-,18-/m1/s1. The lowest BCUT2D eigenvalue weighted by molar-refractivity contribution is -0.166. The summed E-state index contributed by atoms with van der Waals surface area (Å²) in [7, 11) is 0. The Bertz CT molecular complexity index is 1060. The van der Waals surface area contributed by atoms with Crippen LogP contribution >= 0.6 is 23.1 Å². The molecule has 0 radical (unpaired) electrons. The van der Waals surface area contributed by atoms with Crippen molar-refractivity contribution in [2.75, 3.05) is 13.3 Å². The summed E-state index contributed by atoms with van der Waals surface area (Å²) in [4.78, 5) is 46.7. The Morgan fingerprint density at radius 1 is 1.36 bits per heavy atom. The molecule has 2 N–H and O–H groups in total. The zero-order valence-corrected chi connectivity index (χ0v) is 22.9. The third-order valence-corrected chi connectivity index (χ3v) is 8.19. The van der Waals surface area contributed by atoms with E-state index in [1.165, 1.54) is 32.9 Å². The molecule has 2 aliphatic heterocycles. The van der Waals surface area contributed by atoms with E-state index in [-0.39, 0.29) is 30.2 Å². The number of fused-ring (bicyclic) bond motifs is 1. The van der Waals surface area contributed by atoms with Crippen LogP contribution < -0.4 is 0 Å². The molecule has 0 saturated carbocycles. The van der Waals surface area contributed by atoms with Gasteiger partial charge in [-0.2, -0.15) is 0 Å². The highest BCUT2D eigenvalue weighted by atomic mass is 32.2. The molecular formula is C24H33N3O7S2. The van der Waals surface area contributed by atoms with E-state index in [2.05, 4.69) is 4.98 Å². The predicted molar refractivity (Wildman–Crippen MR) is 136 cm³/mol. The molecule has 1 saturated heterocycles. The van der Waals surface area contributed by atoms with Gasteiger partial charge in [-0.1, -0.05) is 18.7 Å². The fourth-order valence-corrected chi connectivity index (χ4v) is 6.31. The first kappa shape index (κ1) is 28.2. The summed E-state index contributed by atoms with van der Waals surface area (Å²) < 4.78 is 10.4. The number of rotatable bonds is 9. The van der Waals surface area contributed by atoms with Gasteiger partial charge in [0.25, 0.3) is 0 Å². The van der Waals surface area contributed by atoms with E-state index in [0.29, 0.717) is 17.1 Å². The zero-order chi connectivity index (χ0) is 26.8. The van der Waals surface area contributed by atoms with Crippen molar-refractivity contribution in [2.45, 2.75) is 65.8 Å². The van der Waals surface area contributed by atoms with Crippen molar-refractivity contribution in [3.63, 3.8) is 0 Å². The SMILES string of the molecule is CCN(C(=O)OCOC(=O)C1=C(SC=Cc2scnc2CO)[C@H](C)[C@@H]2[C@@H]([C@@H](C)O)C(=O)N12)C(C)(C)C. The van der Waals surface area contributed by atoms with Gasteiger partial charge in [0.2, 0.25) is 12.7 Å². The van der Waals surface area contributed by atoms with Gasteiger partial charge in [0.05, 0.1) is 40.8 Å². The molecule has 1 aromatic heterocycles. The van der Waals surface area contributed by atoms with E-state index in [4.69, 9.17) is 9.47 Å². The molecule has 2 aliphatic rings. The summed E-state index contributed by atoms with van der Waals surface area (Å²) in [5.41, 5.74) is 1.82. The number of carbonyl (C=O) groups is 3. The van der Waals surface area contributed by atoms with Gasteiger partial charge in [-0.3, -0.25) is 4.79 Å². The quantitative estimate of drug-likeness (QED) is 0.276. The smallest absolute Gasteiger partial charge is 0.413 e. The largest absolute Gasteiger partial charge is 0.423 e. The maximum atomic E-state index is 13.1. The molecule has 198 valence electrons. The summed E-state index contributed by atoms with van der Waals surface area (Å²) in [5, 5.41) is 21.3. The second-order valence-corrected chi connectivity index (χ2v) is 11.4. The molecule has 0 bridgehead atoms. The van der Waals surface area contributed by atoms with E-state index < -0.39 is 36.4 Å². The Kier molecular flexibility index (Phi) is 8.86. The maximum absolute atomic E-state index is 13.1. The van der Waals surface area contributed by atoms with Crippen molar-refractivity contribution < 1.29 is 34.1 Å². The number of β-lactam (4-membered cyclic amide) rings is 1. The summed E-state index contributed by atoms with van der Waals surface area (Å²) in [5.74, 6) is -1.97. The topological polar surface area (TPSA) is 130 Å². The number of hydrogen-bond donors (Lipinski definition) is 2. The van der Waals surface area contributed by atoms with Crippen LogP contribution in [0.5, 0.6) is 0 Å². The number of ether oxygens (including phenoxy) is 2. The second kappa shape index (κ2) is 11.3. The summed E-state index contributed by atoms with van der Waals surface area (Å²) >= 11 is 2.64. The minimum Gasteiger partial charge on any atom is -0.423 e. The second-order valence-electron chi connectivity index (χ2n) is 9.58. The molecule has 3 rings (SSSR count). The number of nitrogens with zero attached hydrogens (tertiary/aromatic N) is 3. The van der Waals surface area contributed by atoms with E-state index >= 15 is 0 Å². The highest BCUT2D eigenvalue weighted by molar-refractivity contribution is 8.06. The summed E-state index contributed by atoms with van der Waals surface area (Å²) in [6, 6.07) is -0.369. The van der Waals surface area contributed by atoms with E-state index in [9.17, 15) is 24.6 Å². The molecule has 10 nitrogen and oxygen atoms in total. The van der Waals surface area contributed by atoms with Crippen LogP contribution in [0.1, 0.15) is 52.1 Å². The molecule has 0 aliphatic carbocycles. The van der Waals surface area contributed by atoms with Gasteiger partial charge in [0, 0.05) is 22.9 Å². The molecule has 1 fully saturated rings. The van der Waals surface area contributed by atoms with E-state index in [0.717, 1.165) is 4.88 Å². The Morgan fingerprint density at radius 2 is 2.06 bits per heavy atom. The van der Waals surface area contributed by atoms with Crippen molar-refractivity contribution in [3.8, 4) is 0 Å². The van der Waals surface area contributed by atoms with Crippen molar-refractivity contribution in [1.29, 1.82) is 0 Å². The van der Waals surface area contributed by atoms with Gasteiger partial charge in [-0.25, -0.2) is 14.6 Å². The number of thioether (sulfide) groups is 1. The highest BCUT2D eigenvalue weighted by Crippen LogP contribution is 2.51. The lowest BCUT2D eigenvalue weighted by Crippen LogP contribution is -2.63. The molecule has 36 heavy (non-hydrogen) atoms. The van der Waals surface area contributed by atoms with Crippen molar-refractivity contribution >= 4 is 47.1 Å². The minimum atomic E-state index is -0.860. The van der Waals surface area contributed by atoms with E-state index in [1.54, 1.807) is 23.9 Å². The molecular weight excluding hydrogens is 506 g/mol. The first-order valence-electron chi connectivity index (χ1n) is 11.7. The average Bonchev–Trinajstić information content (AvgIpc) is 3.33. The monoisotopic (exact) mass is 539 g/mol. The minimum absolute atomic E-state index is 0.0926. The van der Waals surface area contributed by atoms with Gasteiger partial charge in [0.15, 0.2) is 0 Å². The Labute approximate surface area is 219 Å². The number of aliphatic hydroxyl groups excluding tert-OH is 2. The molecule has 0 unspecified atom stereocenters. The number of hydrogen-bond acceptors (Lipinski definition) is 10. The zero-order valence-electron chi connectivity index (χ0n) is 21.3. The van der Waals surface area contributed by atoms with Gasteiger partial charge in [0.1, 0.15) is 5.70 Å². The average molecular weight is 540 g/mol. The first-order chi connectivity index (χ1) is 16.9. The Hall–Kier alpha value is -2.41. The third kappa shape index (κ3) is 5.46. The van der Waals surface area contributed by atoms with Crippen LogP contribution in [-0.2, 0) is 25.7 Å². The Balaban J connectivity index is 1.78. The number of aliphatic hydroxyl groups is 2. The molecule has 4 atom stereocenters.